The lowest BCUT2D eigenvalue weighted by molar-refractivity contribution is 0.0185. The number of benzene rings is 1. The van der Waals surface area contributed by atoms with E-state index in [0.717, 1.165) is 57.8 Å². The molecule has 1 aliphatic rings. The Balaban J connectivity index is 1.61. The summed E-state index contributed by atoms with van der Waals surface area (Å²) in [7, 11) is 1.80. The van der Waals surface area contributed by atoms with Crippen molar-refractivity contribution in [1.29, 1.82) is 0 Å². The third-order valence-corrected chi connectivity index (χ3v) is 4.83. The number of hydrogen-bond donors (Lipinski definition) is 2. The number of carbonyl (C=O) groups excluding carboxylic acids is 1. The number of piperidine rings is 1. The van der Waals surface area contributed by atoms with Crippen molar-refractivity contribution in [2.24, 2.45) is 10.9 Å². The Labute approximate surface area is 169 Å². The minimum absolute atomic E-state index is 0.199. The number of aliphatic imine (C=N–C) groups is 1. The highest BCUT2D eigenvalue weighted by molar-refractivity contribution is 5.79. The van der Waals surface area contributed by atoms with Crippen molar-refractivity contribution >= 4 is 12.1 Å². The minimum Gasteiger partial charge on any atom is -0.444 e. The van der Waals surface area contributed by atoms with E-state index in [9.17, 15) is 4.79 Å². The number of ether oxygens (including phenoxy) is 1. The third kappa shape index (κ3) is 8.19. The van der Waals surface area contributed by atoms with Crippen LogP contribution in [0.3, 0.4) is 0 Å². The Morgan fingerprint density at radius 3 is 2.46 bits per heavy atom. The lowest BCUT2D eigenvalue weighted by Gasteiger charge is -2.33. The van der Waals surface area contributed by atoms with Crippen molar-refractivity contribution in [1.82, 2.24) is 15.5 Å². The molecule has 2 rings (SSSR count). The van der Waals surface area contributed by atoms with Gasteiger partial charge in [0.05, 0.1) is 0 Å². The molecule has 0 bridgehead atoms. The second-order valence-electron chi connectivity index (χ2n) is 8.38. The van der Waals surface area contributed by atoms with Gasteiger partial charge in [0.2, 0.25) is 0 Å². The number of likely N-dealkylation sites (tertiary alicyclic amines) is 1. The zero-order valence-electron chi connectivity index (χ0n) is 17.8. The van der Waals surface area contributed by atoms with Gasteiger partial charge in [-0.25, -0.2) is 4.79 Å². The van der Waals surface area contributed by atoms with Crippen molar-refractivity contribution in [3.63, 3.8) is 0 Å². The molecule has 0 saturated carbocycles. The fraction of sp³-hybridized carbons (Fsp3) is 0.636. The molecule has 0 radical (unpaired) electrons. The van der Waals surface area contributed by atoms with Crippen LogP contribution in [0, 0.1) is 5.92 Å². The number of carbonyl (C=O) groups is 1. The smallest absolute Gasteiger partial charge is 0.410 e. The SMILES string of the molecule is CN=C(NCCCc1ccccc1)NCC1CCN(C(=O)OC(C)(C)C)CC1. The van der Waals surface area contributed by atoms with Crippen LogP contribution in [0.2, 0.25) is 0 Å². The zero-order chi connectivity index (χ0) is 20.4. The first-order valence-corrected chi connectivity index (χ1v) is 10.3. The number of nitrogens with one attached hydrogen (secondary N) is 2. The predicted molar refractivity (Wildman–Crippen MR) is 115 cm³/mol. The molecule has 0 aromatic heterocycles. The lowest BCUT2D eigenvalue weighted by atomic mass is 9.97. The molecule has 6 nitrogen and oxygen atoms in total. The Hall–Kier alpha value is -2.24. The molecule has 1 fully saturated rings. The van der Waals surface area contributed by atoms with Crippen LogP contribution in [0.4, 0.5) is 4.79 Å². The van der Waals surface area contributed by atoms with Crippen LogP contribution in [-0.4, -0.2) is 55.8 Å². The fourth-order valence-electron chi connectivity index (χ4n) is 3.25. The molecule has 0 spiro atoms. The molecular weight excluding hydrogens is 352 g/mol. The summed E-state index contributed by atoms with van der Waals surface area (Å²) in [5.41, 5.74) is 0.928. The molecule has 1 saturated heterocycles. The summed E-state index contributed by atoms with van der Waals surface area (Å²) in [5, 5.41) is 6.81. The zero-order valence-corrected chi connectivity index (χ0v) is 17.8. The second kappa shape index (κ2) is 10.9. The van der Waals surface area contributed by atoms with E-state index in [1.165, 1.54) is 5.56 Å². The Bertz CT molecular complexity index is 617. The quantitative estimate of drug-likeness (QED) is 0.445. The van der Waals surface area contributed by atoms with Crippen LogP contribution in [0.5, 0.6) is 0 Å². The van der Waals surface area contributed by atoms with Crippen molar-refractivity contribution in [3.8, 4) is 0 Å². The van der Waals surface area contributed by atoms with Gasteiger partial charge in [0.15, 0.2) is 5.96 Å². The van der Waals surface area contributed by atoms with Crippen LogP contribution in [0.15, 0.2) is 35.3 Å². The molecule has 156 valence electrons. The molecule has 6 heteroatoms. The van der Waals surface area contributed by atoms with Crippen LogP contribution in [0.1, 0.15) is 45.6 Å². The van der Waals surface area contributed by atoms with Gasteiger partial charge in [-0.2, -0.15) is 0 Å². The number of hydrogen-bond acceptors (Lipinski definition) is 3. The van der Waals surface area contributed by atoms with Gasteiger partial charge < -0.3 is 20.3 Å². The maximum absolute atomic E-state index is 12.1. The first-order chi connectivity index (χ1) is 13.4. The van der Waals surface area contributed by atoms with Gasteiger partial charge >= 0.3 is 6.09 Å². The van der Waals surface area contributed by atoms with Crippen LogP contribution in [-0.2, 0) is 11.2 Å². The van der Waals surface area contributed by atoms with Gasteiger partial charge in [0.25, 0.3) is 0 Å². The minimum atomic E-state index is -0.436. The monoisotopic (exact) mass is 388 g/mol. The number of rotatable bonds is 6. The van der Waals surface area contributed by atoms with E-state index in [-0.39, 0.29) is 6.09 Å². The maximum atomic E-state index is 12.1. The van der Waals surface area contributed by atoms with Gasteiger partial charge in [-0.15, -0.1) is 0 Å². The Kier molecular flexibility index (Phi) is 8.61. The van der Waals surface area contributed by atoms with E-state index < -0.39 is 5.60 Å². The van der Waals surface area contributed by atoms with Gasteiger partial charge in [-0.3, -0.25) is 4.99 Å². The molecule has 0 unspecified atom stereocenters. The second-order valence-corrected chi connectivity index (χ2v) is 8.38. The summed E-state index contributed by atoms with van der Waals surface area (Å²) in [6, 6.07) is 10.5. The van der Waals surface area contributed by atoms with Gasteiger partial charge in [-0.05, 0) is 57.9 Å². The maximum Gasteiger partial charge on any atom is 0.410 e. The average molecular weight is 389 g/mol. The first-order valence-electron chi connectivity index (χ1n) is 10.3. The molecule has 1 aromatic carbocycles. The van der Waals surface area contributed by atoms with Crippen LogP contribution < -0.4 is 10.6 Å². The van der Waals surface area contributed by atoms with E-state index in [1.807, 2.05) is 31.7 Å². The number of aryl methyl sites for hydroxylation is 1. The van der Waals surface area contributed by atoms with E-state index >= 15 is 0 Å². The van der Waals surface area contributed by atoms with Crippen molar-refractivity contribution in [3.05, 3.63) is 35.9 Å². The average Bonchev–Trinajstić information content (AvgIpc) is 2.67. The largest absolute Gasteiger partial charge is 0.444 e. The summed E-state index contributed by atoms with van der Waals surface area (Å²) in [5.74, 6) is 1.39. The van der Waals surface area contributed by atoms with E-state index in [2.05, 4.69) is 39.9 Å². The number of guanidine groups is 1. The van der Waals surface area contributed by atoms with Gasteiger partial charge in [-0.1, -0.05) is 30.3 Å². The van der Waals surface area contributed by atoms with Crippen molar-refractivity contribution in [2.45, 2.75) is 52.1 Å². The third-order valence-electron chi connectivity index (χ3n) is 4.83. The summed E-state index contributed by atoms with van der Waals surface area (Å²) in [6.45, 7) is 8.99. The highest BCUT2D eigenvalue weighted by Crippen LogP contribution is 2.19. The fourth-order valence-corrected chi connectivity index (χ4v) is 3.25. The van der Waals surface area contributed by atoms with Crippen molar-refractivity contribution in [2.75, 3.05) is 33.2 Å². The molecule has 0 atom stereocenters. The van der Waals surface area contributed by atoms with E-state index in [0.29, 0.717) is 5.92 Å². The molecule has 1 aromatic rings. The Morgan fingerprint density at radius 1 is 1.18 bits per heavy atom. The van der Waals surface area contributed by atoms with Crippen LogP contribution in [0.25, 0.3) is 0 Å². The predicted octanol–water partition coefficient (Wildman–Crippen LogP) is 3.43. The number of amides is 1. The highest BCUT2D eigenvalue weighted by atomic mass is 16.6. The molecule has 28 heavy (non-hydrogen) atoms. The summed E-state index contributed by atoms with van der Waals surface area (Å²) < 4.78 is 5.46. The molecular formula is C22H36N4O2. The normalized spacial score (nSPS) is 16.0. The molecule has 0 aliphatic carbocycles. The molecule has 1 amide bonds. The van der Waals surface area contributed by atoms with Gasteiger partial charge in [0, 0.05) is 33.2 Å². The lowest BCUT2D eigenvalue weighted by Crippen LogP contribution is -2.45. The number of nitrogens with zero attached hydrogens (tertiary/aromatic N) is 2. The molecule has 1 heterocycles. The highest BCUT2D eigenvalue weighted by Gasteiger charge is 2.26. The van der Waals surface area contributed by atoms with Crippen LogP contribution >= 0.6 is 0 Å². The molecule has 2 N–H and O–H groups in total. The first kappa shape index (κ1) is 22.1. The van der Waals surface area contributed by atoms with Gasteiger partial charge in [0.1, 0.15) is 5.60 Å². The van der Waals surface area contributed by atoms with E-state index in [1.54, 1.807) is 7.05 Å². The summed E-state index contributed by atoms with van der Waals surface area (Å²) in [4.78, 5) is 18.3. The summed E-state index contributed by atoms with van der Waals surface area (Å²) in [6.07, 6.45) is 3.90. The standard InChI is InChI=1S/C22H36N4O2/c1-22(2,3)28-21(27)26-15-12-19(13-16-26)17-25-20(23-4)24-14-8-11-18-9-6-5-7-10-18/h5-7,9-10,19H,8,11-17H2,1-4H3,(H2,23,24,25). The topological polar surface area (TPSA) is 66.0 Å². The Morgan fingerprint density at radius 2 is 1.86 bits per heavy atom. The van der Waals surface area contributed by atoms with Crippen molar-refractivity contribution < 1.29 is 9.53 Å². The summed E-state index contributed by atoms with van der Waals surface area (Å²) >= 11 is 0. The molecule has 1 aliphatic heterocycles. The van der Waals surface area contributed by atoms with E-state index in [4.69, 9.17) is 4.74 Å².